The lowest BCUT2D eigenvalue weighted by molar-refractivity contribution is 0.525. The van der Waals surface area contributed by atoms with Crippen LogP contribution in [0.15, 0.2) is 12.4 Å². The lowest BCUT2D eigenvalue weighted by Crippen LogP contribution is -2.08. The summed E-state index contributed by atoms with van der Waals surface area (Å²) in [7, 11) is -0.712. The monoisotopic (exact) mass is 218 g/mol. The Hall–Kier alpha value is -0.420. The van der Waals surface area contributed by atoms with E-state index in [-0.39, 0.29) is 0 Å². The summed E-state index contributed by atoms with van der Waals surface area (Å²) in [5, 5.41) is 0. The molecule has 1 heterocycles. The number of hydrogen-bond donors (Lipinski definition) is 1. The maximum absolute atomic E-state index is 10.9. The van der Waals surface area contributed by atoms with Gasteiger partial charge in [0.1, 0.15) is 0 Å². The molecule has 0 aliphatic carbocycles. The fraction of sp³-hybridized carbons (Fsp3) is 0.625. The molecular weight excluding hydrogens is 204 g/mol. The Bertz CT molecular complexity index is 342. The van der Waals surface area contributed by atoms with E-state index in [0.717, 1.165) is 16.9 Å². The highest BCUT2D eigenvalue weighted by molar-refractivity contribution is 7.84. The van der Waals surface area contributed by atoms with Gasteiger partial charge >= 0.3 is 0 Å². The minimum Gasteiger partial charge on any atom is -0.337 e. The van der Waals surface area contributed by atoms with Gasteiger partial charge in [0.25, 0.3) is 0 Å². The Balaban J connectivity index is 2.59. The van der Waals surface area contributed by atoms with Gasteiger partial charge in [0.15, 0.2) is 4.77 Å². The average Bonchev–Trinajstić information content (AvgIpc) is 2.47. The van der Waals surface area contributed by atoms with Crippen molar-refractivity contribution in [1.29, 1.82) is 0 Å². The zero-order valence-corrected chi connectivity index (χ0v) is 9.45. The molecule has 0 aliphatic rings. The first kappa shape index (κ1) is 10.7. The van der Waals surface area contributed by atoms with E-state index in [0.29, 0.717) is 6.04 Å². The average molecular weight is 218 g/mol. The third-order valence-electron chi connectivity index (χ3n) is 1.97. The molecule has 74 valence electrons. The molecule has 1 rings (SSSR count). The SMILES string of the molecule is CC(CCS(C)=O)n1cc[nH]c1=S. The normalized spacial score (nSPS) is 15.5. The molecule has 1 aromatic heterocycles. The molecule has 0 radical (unpaired) electrons. The first-order valence-corrected chi connectivity index (χ1v) is 6.30. The van der Waals surface area contributed by atoms with Crippen LogP contribution >= 0.6 is 12.2 Å². The molecule has 3 nitrogen and oxygen atoms in total. The summed E-state index contributed by atoms with van der Waals surface area (Å²) in [4.78, 5) is 2.94. The van der Waals surface area contributed by atoms with E-state index >= 15 is 0 Å². The van der Waals surface area contributed by atoms with E-state index in [2.05, 4.69) is 11.9 Å². The molecule has 13 heavy (non-hydrogen) atoms. The molecule has 1 N–H and O–H groups in total. The third-order valence-corrected chi connectivity index (χ3v) is 3.11. The van der Waals surface area contributed by atoms with Crippen LogP contribution in [-0.2, 0) is 10.8 Å². The van der Waals surface area contributed by atoms with Crippen LogP contribution < -0.4 is 0 Å². The van der Waals surface area contributed by atoms with Crippen molar-refractivity contribution in [3.05, 3.63) is 17.2 Å². The summed E-state index contributed by atoms with van der Waals surface area (Å²) >= 11 is 5.07. The van der Waals surface area contributed by atoms with Crippen LogP contribution in [0.4, 0.5) is 0 Å². The molecule has 5 heteroatoms. The Labute approximate surface area is 85.6 Å². The number of nitrogens with one attached hydrogen (secondary N) is 1. The smallest absolute Gasteiger partial charge is 0.177 e. The van der Waals surface area contributed by atoms with Crippen LogP contribution in [0.2, 0.25) is 0 Å². The molecule has 0 spiro atoms. The zero-order chi connectivity index (χ0) is 9.84. The van der Waals surface area contributed by atoms with Gasteiger partial charge in [-0.25, -0.2) is 0 Å². The van der Waals surface area contributed by atoms with Gasteiger partial charge in [0.05, 0.1) is 0 Å². The second kappa shape index (κ2) is 4.72. The van der Waals surface area contributed by atoms with Crippen LogP contribution in [0.1, 0.15) is 19.4 Å². The lowest BCUT2D eigenvalue weighted by Gasteiger charge is -2.11. The molecule has 0 aliphatic heterocycles. The molecule has 2 atom stereocenters. The number of imidazole rings is 1. The van der Waals surface area contributed by atoms with E-state index in [4.69, 9.17) is 12.2 Å². The Morgan fingerprint density at radius 1 is 1.77 bits per heavy atom. The van der Waals surface area contributed by atoms with Gasteiger partial charge < -0.3 is 9.55 Å². The van der Waals surface area contributed by atoms with E-state index in [1.807, 2.05) is 17.0 Å². The maximum atomic E-state index is 10.9. The summed E-state index contributed by atoms with van der Waals surface area (Å²) in [6.07, 6.45) is 6.37. The first-order chi connectivity index (χ1) is 6.11. The summed E-state index contributed by atoms with van der Waals surface area (Å²) in [5.41, 5.74) is 0. The number of hydrogen-bond acceptors (Lipinski definition) is 2. The summed E-state index contributed by atoms with van der Waals surface area (Å²) in [5.74, 6) is 0.730. The molecule has 0 saturated heterocycles. The van der Waals surface area contributed by atoms with E-state index in [1.54, 1.807) is 6.26 Å². The quantitative estimate of drug-likeness (QED) is 0.784. The van der Waals surface area contributed by atoms with E-state index < -0.39 is 10.8 Å². The van der Waals surface area contributed by atoms with Crippen LogP contribution in [-0.4, -0.2) is 25.8 Å². The second-order valence-electron chi connectivity index (χ2n) is 3.09. The molecule has 0 amide bonds. The number of aromatic amines is 1. The minimum absolute atomic E-state index is 0.322. The number of rotatable bonds is 4. The lowest BCUT2D eigenvalue weighted by atomic mass is 10.2. The maximum Gasteiger partial charge on any atom is 0.177 e. The van der Waals surface area contributed by atoms with Gasteiger partial charge in [-0.1, -0.05) is 0 Å². The second-order valence-corrected chi connectivity index (χ2v) is 5.03. The van der Waals surface area contributed by atoms with Crippen molar-refractivity contribution in [1.82, 2.24) is 9.55 Å². The number of H-pyrrole nitrogens is 1. The highest BCUT2D eigenvalue weighted by Crippen LogP contribution is 2.10. The molecular formula is C8H14N2OS2. The largest absolute Gasteiger partial charge is 0.337 e. The van der Waals surface area contributed by atoms with Crippen molar-refractivity contribution in [2.45, 2.75) is 19.4 Å². The van der Waals surface area contributed by atoms with Crippen molar-refractivity contribution < 1.29 is 4.21 Å². The van der Waals surface area contributed by atoms with Crippen LogP contribution in [0.5, 0.6) is 0 Å². The van der Waals surface area contributed by atoms with Gasteiger partial charge in [0, 0.05) is 41.2 Å². The zero-order valence-electron chi connectivity index (χ0n) is 7.82. The van der Waals surface area contributed by atoms with Gasteiger partial charge in [-0.2, -0.15) is 0 Å². The molecule has 0 bridgehead atoms. The third kappa shape index (κ3) is 3.08. The molecule has 0 fully saturated rings. The van der Waals surface area contributed by atoms with Crippen molar-refractivity contribution in [3.63, 3.8) is 0 Å². The van der Waals surface area contributed by atoms with Gasteiger partial charge in [0.2, 0.25) is 0 Å². The van der Waals surface area contributed by atoms with Crippen molar-refractivity contribution in [3.8, 4) is 0 Å². The standard InChI is InChI=1S/C8H14N2OS2/c1-7(3-6-13(2)11)10-5-4-9-8(10)12/h4-5,7H,3,6H2,1-2H3,(H,9,12). The summed E-state index contributed by atoms with van der Waals surface area (Å²) < 4.78 is 13.6. The van der Waals surface area contributed by atoms with Crippen molar-refractivity contribution >= 4 is 23.0 Å². The summed E-state index contributed by atoms with van der Waals surface area (Å²) in [6.45, 7) is 2.08. The van der Waals surface area contributed by atoms with Crippen LogP contribution in [0, 0.1) is 4.77 Å². The Morgan fingerprint density at radius 2 is 2.46 bits per heavy atom. The number of nitrogens with zero attached hydrogens (tertiary/aromatic N) is 1. The molecule has 2 unspecified atom stereocenters. The highest BCUT2D eigenvalue weighted by atomic mass is 32.2. The van der Waals surface area contributed by atoms with E-state index in [9.17, 15) is 4.21 Å². The van der Waals surface area contributed by atoms with Crippen LogP contribution in [0.25, 0.3) is 0 Å². The Morgan fingerprint density at radius 3 is 2.92 bits per heavy atom. The highest BCUT2D eigenvalue weighted by Gasteiger charge is 2.05. The van der Waals surface area contributed by atoms with Crippen molar-refractivity contribution in [2.24, 2.45) is 0 Å². The molecule has 1 aromatic rings. The molecule has 0 aromatic carbocycles. The van der Waals surface area contributed by atoms with Gasteiger partial charge in [-0.15, -0.1) is 0 Å². The first-order valence-electron chi connectivity index (χ1n) is 4.17. The van der Waals surface area contributed by atoms with Gasteiger partial charge in [-0.3, -0.25) is 4.21 Å². The van der Waals surface area contributed by atoms with E-state index in [1.165, 1.54) is 0 Å². The minimum atomic E-state index is -0.712. The van der Waals surface area contributed by atoms with Gasteiger partial charge in [-0.05, 0) is 25.6 Å². The van der Waals surface area contributed by atoms with Crippen molar-refractivity contribution in [2.75, 3.05) is 12.0 Å². The molecule has 0 saturated carbocycles. The summed E-state index contributed by atoms with van der Waals surface area (Å²) in [6, 6.07) is 0.322. The fourth-order valence-electron chi connectivity index (χ4n) is 1.15. The fourth-order valence-corrected chi connectivity index (χ4v) is 2.14. The van der Waals surface area contributed by atoms with Crippen LogP contribution in [0.3, 0.4) is 0 Å². The Kier molecular flexibility index (Phi) is 3.87. The predicted octanol–water partition coefficient (Wildman–Crippen LogP) is 1.88. The topological polar surface area (TPSA) is 37.8 Å². The number of aromatic nitrogens is 2. The predicted molar refractivity (Wildman–Crippen MR) is 57.9 cm³/mol.